The zero-order valence-corrected chi connectivity index (χ0v) is 15.5. The van der Waals surface area contributed by atoms with Crippen LogP contribution in [0.15, 0.2) is 60.2 Å². The average Bonchev–Trinajstić information content (AvgIpc) is 3.24. The van der Waals surface area contributed by atoms with Crippen molar-refractivity contribution in [3.63, 3.8) is 0 Å². The lowest BCUT2D eigenvalue weighted by Crippen LogP contribution is -2.29. The Kier molecular flexibility index (Phi) is 4.48. The number of aliphatic hydroxyl groups is 1. The zero-order chi connectivity index (χ0) is 19.8. The van der Waals surface area contributed by atoms with Crippen LogP contribution in [0.1, 0.15) is 22.2 Å². The van der Waals surface area contributed by atoms with Crippen LogP contribution < -0.4 is 4.90 Å². The van der Waals surface area contributed by atoms with E-state index in [0.717, 1.165) is 11.3 Å². The quantitative estimate of drug-likeness (QED) is 0.416. The Labute approximate surface area is 163 Å². The largest absolute Gasteiger partial charge is 0.507 e. The number of hydrogen-bond donors (Lipinski definition) is 1. The summed E-state index contributed by atoms with van der Waals surface area (Å²) in [5, 5.41) is 19.6. The number of carbonyl (C=O) groups excluding carboxylic acids is 2. The number of nitrogens with zero attached hydrogens (tertiary/aromatic N) is 3. The second-order valence-corrected chi connectivity index (χ2v) is 7.35. The molecule has 0 aliphatic carbocycles. The molecule has 3 aromatic rings. The number of amides is 1. The van der Waals surface area contributed by atoms with Crippen LogP contribution in [0.4, 0.5) is 9.52 Å². The number of Topliss-reactive ketones (excluding diaryl/α,β-unsaturated/α-hetero) is 1. The first-order valence-corrected chi connectivity index (χ1v) is 9.21. The number of benzene rings is 2. The van der Waals surface area contributed by atoms with E-state index in [-0.39, 0.29) is 16.5 Å². The molecular formula is C20H14FN3O3S. The van der Waals surface area contributed by atoms with E-state index >= 15 is 0 Å². The molecule has 4 rings (SSSR count). The van der Waals surface area contributed by atoms with Gasteiger partial charge in [-0.25, -0.2) is 4.39 Å². The van der Waals surface area contributed by atoms with E-state index in [4.69, 9.17) is 0 Å². The predicted octanol–water partition coefficient (Wildman–Crippen LogP) is 3.61. The molecule has 1 aliphatic rings. The minimum absolute atomic E-state index is 0.0735. The summed E-state index contributed by atoms with van der Waals surface area (Å²) in [4.78, 5) is 26.8. The van der Waals surface area contributed by atoms with E-state index in [1.165, 1.54) is 29.2 Å². The Morgan fingerprint density at radius 3 is 2.36 bits per heavy atom. The van der Waals surface area contributed by atoms with Gasteiger partial charge in [-0.2, -0.15) is 0 Å². The lowest BCUT2D eigenvalue weighted by Gasteiger charge is -2.22. The van der Waals surface area contributed by atoms with Crippen molar-refractivity contribution in [2.75, 3.05) is 4.90 Å². The van der Waals surface area contributed by atoms with Crippen molar-refractivity contribution in [3.8, 4) is 0 Å². The van der Waals surface area contributed by atoms with Crippen LogP contribution in [0.5, 0.6) is 0 Å². The number of hydrogen-bond acceptors (Lipinski definition) is 6. The fraction of sp³-hybridized carbons (Fsp3) is 0.100. The summed E-state index contributed by atoms with van der Waals surface area (Å²) in [5.74, 6) is -2.39. The molecule has 28 heavy (non-hydrogen) atoms. The number of anilines is 1. The molecule has 0 spiro atoms. The molecule has 1 amide bonds. The Balaban J connectivity index is 1.94. The van der Waals surface area contributed by atoms with E-state index in [1.807, 2.05) is 0 Å². The summed E-state index contributed by atoms with van der Waals surface area (Å²) in [7, 11) is 0. The SMILES string of the molecule is Cc1nnc(N2C(=O)C(=O)/C(=C(/O)c3ccccc3)[C@@H]2c2ccc(F)cc2)s1. The van der Waals surface area contributed by atoms with E-state index in [1.54, 1.807) is 37.3 Å². The first-order chi connectivity index (χ1) is 13.5. The van der Waals surface area contributed by atoms with Gasteiger partial charge < -0.3 is 5.11 Å². The first-order valence-electron chi connectivity index (χ1n) is 8.39. The summed E-state index contributed by atoms with van der Waals surface area (Å²) in [6, 6.07) is 13.0. The summed E-state index contributed by atoms with van der Waals surface area (Å²) in [6.45, 7) is 1.73. The Bertz CT molecular complexity index is 1090. The number of aliphatic hydroxyl groups excluding tert-OH is 1. The maximum absolute atomic E-state index is 13.4. The number of carbonyl (C=O) groups is 2. The third kappa shape index (κ3) is 2.97. The first kappa shape index (κ1) is 18.0. The maximum Gasteiger partial charge on any atom is 0.301 e. The molecule has 1 saturated heterocycles. The van der Waals surface area contributed by atoms with Crippen molar-refractivity contribution in [2.45, 2.75) is 13.0 Å². The van der Waals surface area contributed by atoms with Gasteiger partial charge in [0.2, 0.25) is 5.13 Å². The van der Waals surface area contributed by atoms with Crippen molar-refractivity contribution < 1.29 is 19.1 Å². The van der Waals surface area contributed by atoms with Crippen molar-refractivity contribution in [1.82, 2.24) is 10.2 Å². The topological polar surface area (TPSA) is 83.4 Å². The van der Waals surface area contributed by atoms with Gasteiger partial charge in [-0.05, 0) is 24.6 Å². The van der Waals surface area contributed by atoms with Crippen molar-refractivity contribution in [3.05, 3.63) is 82.1 Å². The van der Waals surface area contributed by atoms with Crippen LogP contribution in [-0.4, -0.2) is 27.0 Å². The highest BCUT2D eigenvalue weighted by Crippen LogP contribution is 2.42. The molecule has 6 nitrogen and oxygen atoms in total. The van der Waals surface area contributed by atoms with Gasteiger partial charge >= 0.3 is 5.91 Å². The zero-order valence-electron chi connectivity index (χ0n) is 14.7. The average molecular weight is 395 g/mol. The molecule has 8 heteroatoms. The second kappa shape index (κ2) is 6.97. The van der Waals surface area contributed by atoms with E-state index in [0.29, 0.717) is 16.1 Å². The Morgan fingerprint density at radius 2 is 1.75 bits per heavy atom. The van der Waals surface area contributed by atoms with E-state index in [2.05, 4.69) is 10.2 Å². The van der Waals surface area contributed by atoms with E-state index < -0.39 is 23.5 Å². The highest BCUT2D eigenvalue weighted by Gasteiger charge is 2.48. The molecule has 140 valence electrons. The lowest BCUT2D eigenvalue weighted by molar-refractivity contribution is -0.132. The standard InChI is InChI=1S/C20H14FN3O3S/c1-11-22-23-20(28-11)24-16(12-7-9-14(21)10-8-12)15(18(26)19(24)27)17(25)13-5-3-2-4-6-13/h2-10,16,25H,1H3/b17-15+/t16-/m0/s1. The number of halogens is 1. The molecule has 0 unspecified atom stereocenters. The molecule has 1 atom stereocenters. The third-order valence-corrected chi connectivity index (χ3v) is 5.24. The summed E-state index contributed by atoms with van der Waals surface area (Å²) < 4.78 is 13.4. The molecule has 0 bridgehead atoms. The maximum atomic E-state index is 13.4. The van der Waals surface area contributed by atoms with Gasteiger partial charge in [0.05, 0.1) is 11.6 Å². The number of ketones is 1. The van der Waals surface area contributed by atoms with Crippen molar-refractivity contribution >= 4 is 33.9 Å². The van der Waals surface area contributed by atoms with Gasteiger partial charge in [0.1, 0.15) is 16.6 Å². The van der Waals surface area contributed by atoms with Crippen LogP contribution >= 0.6 is 11.3 Å². The molecule has 2 heterocycles. The molecule has 0 saturated carbocycles. The normalized spacial score (nSPS) is 18.6. The van der Waals surface area contributed by atoms with Crippen LogP contribution in [0.3, 0.4) is 0 Å². The Morgan fingerprint density at radius 1 is 1.07 bits per heavy atom. The monoisotopic (exact) mass is 395 g/mol. The lowest BCUT2D eigenvalue weighted by atomic mass is 9.95. The fourth-order valence-electron chi connectivity index (χ4n) is 3.13. The number of aryl methyl sites for hydroxylation is 1. The smallest absolute Gasteiger partial charge is 0.301 e. The minimum atomic E-state index is -0.937. The van der Waals surface area contributed by atoms with E-state index in [9.17, 15) is 19.1 Å². The number of aromatic nitrogens is 2. The van der Waals surface area contributed by atoms with Gasteiger partial charge in [0.25, 0.3) is 5.78 Å². The highest BCUT2D eigenvalue weighted by atomic mass is 32.1. The van der Waals surface area contributed by atoms with Crippen molar-refractivity contribution in [2.24, 2.45) is 0 Å². The van der Waals surface area contributed by atoms with Gasteiger partial charge in [0, 0.05) is 5.56 Å². The van der Waals surface area contributed by atoms with Crippen LogP contribution in [0, 0.1) is 12.7 Å². The van der Waals surface area contributed by atoms with Crippen LogP contribution in [0.2, 0.25) is 0 Å². The molecule has 1 fully saturated rings. The van der Waals surface area contributed by atoms with Gasteiger partial charge in [-0.1, -0.05) is 53.8 Å². The Hall–Kier alpha value is -3.39. The molecule has 1 N–H and O–H groups in total. The highest BCUT2D eigenvalue weighted by molar-refractivity contribution is 7.15. The molecule has 1 aromatic heterocycles. The fourth-order valence-corrected chi connectivity index (χ4v) is 3.84. The van der Waals surface area contributed by atoms with Crippen LogP contribution in [-0.2, 0) is 9.59 Å². The van der Waals surface area contributed by atoms with Crippen LogP contribution in [0.25, 0.3) is 5.76 Å². The van der Waals surface area contributed by atoms with Gasteiger partial charge in [-0.15, -0.1) is 10.2 Å². The van der Waals surface area contributed by atoms with Gasteiger partial charge in [-0.3, -0.25) is 14.5 Å². The number of rotatable bonds is 3. The minimum Gasteiger partial charge on any atom is -0.507 e. The summed E-state index contributed by atoms with van der Waals surface area (Å²) >= 11 is 1.15. The van der Waals surface area contributed by atoms with Gasteiger partial charge in [0.15, 0.2) is 0 Å². The van der Waals surface area contributed by atoms with Crippen molar-refractivity contribution in [1.29, 1.82) is 0 Å². The molecule has 0 radical (unpaired) electrons. The molecular weight excluding hydrogens is 381 g/mol. The summed E-state index contributed by atoms with van der Waals surface area (Å²) in [6.07, 6.45) is 0. The molecule has 1 aliphatic heterocycles. The second-order valence-electron chi connectivity index (χ2n) is 6.19. The third-order valence-electron chi connectivity index (χ3n) is 4.40. The molecule has 2 aromatic carbocycles. The predicted molar refractivity (Wildman–Crippen MR) is 102 cm³/mol. The summed E-state index contributed by atoms with van der Waals surface area (Å²) in [5.41, 5.74) is 0.808.